The maximum atomic E-state index is 13.6. The summed E-state index contributed by atoms with van der Waals surface area (Å²) in [4.78, 5) is 0. The highest BCUT2D eigenvalue weighted by atomic mass is 19.2. The molecular formula is C12H17F2NO. The minimum atomic E-state index is -0.941. The first-order valence-electron chi connectivity index (χ1n) is 5.23. The molecule has 16 heavy (non-hydrogen) atoms. The Bertz CT molecular complexity index is 372. The lowest BCUT2D eigenvalue weighted by Gasteiger charge is -2.19. The van der Waals surface area contributed by atoms with Gasteiger partial charge in [0.05, 0.1) is 6.61 Å². The van der Waals surface area contributed by atoms with Crippen LogP contribution in [0.2, 0.25) is 0 Å². The summed E-state index contributed by atoms with van der Waals surface area (Å²) in [5.74, 6) is -1.87. The lowest BCUT2D eigenvalue weighted by atomic mass is 9.96. The van der Waals surface area contributed by atoms with Gasteiger partial charge in [-0.15, -0.1) is 0 Å². The molecule has 0 spiro atoms. The zero-order valence-electron chi connectivity index (χ0n) is 9.81. The summed E-state index contributed by atoms with van der Waals surface area (Å²) in [5, 5.41) is 0. The highest BCUT2D eigenvalue weighted by molar-refractivity contribution is 5.31. The summed E-state index contributed by atoms with van der Waals surface area (Å²) in [6, 6.07) is 2.95. The van der Waals surface area contributed by atoms with Gasteiger partial charge in [0.15, 0.2) is 11.6 Å². The fraction of sp³-hybridized carbons (Fsp3) is 0.500. The maximum Gasteiger partial charge on any atom is 0.200 e. The van der Waals surface area contributed by atoms with Crippen molar-refractivity contribution in [2.45, 2.75) is 32.7 Å². The second-order valence-corrected chi connectivity index (χ2v) is 4.45. The molecule has 90 valence electrons. The molecule has 0 amide bonds. The number of ether oxygens (including phenoxy) is 1. The van der Waals surface area contributed by atoms with Crippen molar-refractivity contribution in [3.8, 4) is 5.75 Å². The Morgan fingerprint density at radius 1 is 1.25 bits per heavy atom. The zero-order chi connectivity index (χ0) is 12.3. The SMILES string of the molecule is CCOc1ccc(CC(C)(C)N)c(F)c1F. The molecule has 0 saturated heterocycles. The molecule has 0 bridgehead atoms. The average Bonchev–Trinajstić information content (AvgIpc) is 2.16. The van der Waals surface area contributed by atoms with E-state index in [0.717, 1.165) is 0 Å². The summed E-state index contributed by atoms with van der Waals surface area (Å²) in [5.41, 5.74) is 5.47. The fourth-order valence-corrected chi connectivity index (χ4v) is 1.47. The number of benzene rings is 1. The Kier molecular flexibility index (Phi) is 3.86. The third-order valence-electron chi connectivity index (χ3n) is 2.07. The number of halogens is 2. The molecule has 2 nitrogen and oxygen atoms in total. The molecular weight excluding hydrogens is 212 g/mol. The minimum Gasteiger partial charge on any atom is -0.491 e. The molecule has 0 aliphatic heterocycles. The van der Waals surface area contributed by atoms with E-state index in [4.69, 9.17) is 10.5 Å². The first-order chi connectivity index (χ1) is 7.35. The van der Waals surface area contributed by atoms with Gasteiger partial charge in [0.1, 0.15) is 0 Å². The molecule has 2 N–H and O–H groups in total. The van der Waals surface area contributed by atoms with Gasteiger partial charge in [0.25, 0.3) is 0 Å². The van der Waals surface area contributed by atoms with Gasteiger partial charge in [0, 0.05) is 5.54 Å². The minimum absolute atomic E-state index is 0.0569. The monoisotopic (exact) mass is 229 g/mol. The van der Waals surface area contributed by atoms with E-state index in [1.807, 2.05) is 0 Å². The molecule has 0 saturated carbocycles. The Labute approximate surface area is 94.4 Å². The largest absolute Gasteiger partial charge is 0.491 e. The van der Waals surface area contributed by atoms with Crippen LogP contribution in [0.1, 0.15) is 26.3 Å². The van der Waals surface area contributed by atoms with Gasteiger partial charge in [-0.25, -0.2) is 4.39 Å². The molecule has 1 aromatic rings. The molecule has 0 atom stereocenters. The molecule has 1 aromatic carbocycles. The quantitative estimate of drug-likeness (QED) is 0.861. The molecule has 0 aromatic heterocycles. The van der Waals surface area contributed by atoms with Gasteiger partial charge in [-0.05, 0) is 38.8 Å². The topological polar surface area (TPSA) is 35.2 Å². The maximum absolute atomic E-state index is 13.6. The number of rotatable bonds is 4. The van der Waals surface area contributed by atoms with Gasteiger partial charge in [-0.1, -0.05) is 6.07 Å². The second-order valence-electron chi connectivity index (χ2n) is 4.45. The van der Waals surface area contributed by atoms with E-state index in [1.54, 1.807) is 20.8 Å². The van der Waals surface area contributed by atoms with Crippen LogP contribution in [0.25, 0.3) is 0 Å². The molecule has 0 heterocycles. The normalized spacial score (nSPS) is 11.6. The number of nitrogens with two attached hydrogens (primary N) is 1. The second kappa shape index (κ2) is 4.78. The number of hydrogen-bond acceptors (Lipinski definition) is 2. The third-order valence-corrected chi connectivity index (χ3v) is 2.07. The van der Waals surface area contributed by atoms with E-state index in [1.165, 1.54) is 12.1 Å². The molecule has 4 heteroatoms. The first kappa shape index (κ1) is 12.9. The smallest absolute Gasteiger partial charge is 0.200 e. The molecule has 1 rings (SSSR count). The molecule has 0 radical (unpaired) electrons. The van der Waals surface area contributed by atoms with Crippen LogP contribution in [0.5, 0.6) is 5.75 Å². The summed E-state index contributed by atoms with van der Waals surface area (Å²) in [7, 11) is 0. The lowest BCUT2D eigenvalue weighted by Crippen LogP contribution is -2.34. The van der Waals surface area contributed by atoms with Crippen molar-refractivity contribution in [2.24, 2.45) is 5.73 Å². The standard InChI is InChI=1S/C12H17F2NO/c1-4-16-9-6-5-8(7-12(2,3)15)10(13)11(9)14/h5-6H,4,7,15H2,1-3H3. The highest BCUT2D eigenvalue weighted by Gasteiger charge is 2.19. The van der Waals surface area contributed by atoms with Crippen molar-refractivity contribution in [3.63, 3.8) is 0 Å². The number of hydrogen-bond donors (Lipinski definition) is 1. The Morgan fingerprint density at radius 3 is 2.38 bits per heavy atom. The summed E-state index contributed by atoms with van der Waals surface area (Å²) in [6.07, 6.45) is 0.280. The van der Waals surface area contributed by atoms with Crippen molar-refractivity contribution in [1.29, 1.82) is 0 Å². The van der Waals surface area contributed by atoms with E-state index in [-0.39, 0.29) is 17.7 Å². The predicted octanol–water partition coefficient (Wildman–Crippen LogP) is 2.64. The van der Waals surface area contributed by atoms with Gasteiger partial charge >= 0.3 is 0 Å². The van der Waals surface area contributed by atoms with Gasteiger partial charge in [0.2, 0.25) is 5.82 Å². The van der Waals surface area contributed by atoms with E-state index < -0.39 is 17.2 Å². The van der Waals surface area contributed by atoms with Crippen LogP contribution in [0.15, 0.2) is 12.1 Å². The van der Waals surface area contributed by atoms with Crippen LogP contribution in [0.3, 0.4) is 0 Å². The molecule has 0 aliphatic rings. The van der Waals surface area contributed by atoms with Crippen LogP contribution in [-0.2, 0) is 6.42 Å². The van der Waals surface area contributed by atoms with Crippen LogP contribution in [0.4, 0.5) is 8.78 Å². The van der Waals surface area contributed by atoms with Crippen molar-refractivity contribution in [3.05, 3.63) is 29.3 Å². The lowest BCUT2D eigenvalue weighted by molar-refractivity contribution is 0.312. The highest BCUT2D eigenvalue weighted by Crippen LogP contribution is 2.24. The Balaban J connectivity index is 3.02. The Hall–Kier alpha value is -1.16. The van der Waals surface area contributed by atoms with E-state index in [9.17, 15) is 8.78 Å². The molecule has 0 fully saturated rings. The van der Waals surface area contributed by atoms with Gasteiger partial charge < -0.3 is 10.5 Å². The van der Waals surface area contributed by atoms with Crippen LogP contribution in [-0.4, -0.2) is 12.1 Å². The van der Waals surface area contributed by atoms with E-state index in [0.29, 0.717) is 6.61 Å². The van der Waals surface area contributed by atoms with Crippen molar-refractivity contribution in [2.75, 3.05) is 6.61 Å². The van der Waals surface area contributed by atoms with Crippen molar-refractivity contribution < 1.29 is 13.5 Å². The molecule has 0 unspecified atom stereocenters. The zero-order valence-corrected chi connectivity index (χ0v) is 9.81. The summed E-state index contributed by atoms with van der Waals surface area (Å²) in [6.45, 7) is 5.55. The van der Waals surface area contributed by atoms with Crippen molar-refractivity contribution in [1.82, 2.24) is 0 Å². The average molecular weight is 229 g/mol. The van der Waals surface area contributed by atoms with Crippen LogP contribution in [0, 0.1) is 11.6 Å². The first-order valence-corrected chi connectivity index (χ1v) is 5.23. The Morgan fingerprint density at radius 2 is 1.88 bits per heavy atom. The van der Waals surface area contributed by atoms with Crippen LogP contribution < -0.4 is 10.5 Å². The predicted molar refractivity (Wildman–Crippen MR) is 59.5 cm³/mol. The van der Waals surface area contributed by atoms with E-state index in [2.05, 4.69) is 0 Å². The summed E-state index contributed by atoms with van der Waals surface area (Å²) >= 11 is 0. The molecule has 0 aliphatic carbocycles. The van der Waals surface area contributed by atoms with Crippen molar-refractivity contribution >= 4 is 0 Å². The van der Waals surface area contributed by atoms with Gasteiger partial charge in [-0.2, -0.15) is 4.39 Å². The van der Waals surface area contributed by atoms with Gasteiger partial charge in [-0.3, -0.25) is 0 Å². The fourth-order valence-electron chi connectivity index (χ4n) is 1.47. The van der Waals surface area contributed by atoms with E-state index >= 15 is 0 Å². The third kappa shape index (κ3) is 3.17. The summed E-state index contributed by atoms with van der Waals surface area (Å²) < 4.78 is 32.0. The van der Waals surface area contributed by atoms with Crippen LogP contribution >= 0.6 is 0 Å².